The summed E-state index contributed by atoms with van der Waals surface area (Å²) in [5.74, 6) is 1.72. The quantitative estimate of drug-likeness (QED) is 0.775. The van der Waals surface area contributed by atoms with Crippen LogP contribution < -0.4 is 5.32 Å². The molecule has 3 nitrogen and oxygen atoms in total. The van der Waals surface area contributed by atoms with Crippen molar-refractivity contribution in [2.24, 2.45) is 0 Å². The van der Waals surface area contributed by atoms with Gasteiger partial charge < -0.3 is 5.32 Å². The molecular formula is C15H15N3S. The predicted molar refractivity (Wildman–Crippen MR) is 80.6 cm³/mol. The maximum absolute atomic E-state index is 4.52. The van der Waals surface area contributed by atoms with Gasteiger partial charge in [-0.15, -0.1) is 11.3 Å². The number of nitrogens with one attached hydrogen (secondary N) is 1. The number of anilines is 1. The average molecular weight is 269 g/mol. The molecule has 4 heteroatoms. The fraction of sp³-hybridized carbons (Fsp3) is 0.200. The predicted octanol–water partition coefficient (Wildman–Crippen LogP) is 4.17. The third-order valence-corrected chi connectivity index (χ3v) is 3.90. The first-order chi connectivity index (χ1) is 9.24. The van der Waals surface area contributed by atoms with Crippen molar-refractivity contribution >= 4 is 27.4 Å². The Labute approximate surface area is 116 Å². The summed E-state index contributed by atoms with van der Waals surface area (Å²) in [4.78, 5) is 10.0. The van der Waals surface area contributed by atoms with Gasteiger partial charge in [0, 0.05) is 6.04 Å². The molecule has 0 radical (unpaired) electrons. The van der Waals surface area contributed by atoms with E-state index >= 15 is 0 Å². The molecule has 2 aromatic heterocycles. The van der Waals surface area contributed by atoms with Crippen LogP contribution in [0.3, 0.4) is 0 Å². The van der Waals surface area contributed by atoms with Gasteiger partial charge in [-0.25, -0.2) is 9.97 Å². The minimum atomic E-state index is 0.221. The first-order valence-electron chi connectivity index (χ1n) is 6.27. The average Bonchev–Trinajstić information content (AvgIpc) is 2.88. The molecule has 19 heavy (non-hydrogen) atoms. The van der Waals surface area contributed by atoms with E-state index in [1.165, 1.54) is 5.56 Å². The molecule has 0 spiro atoms. The summed E-state index contributed by atoms with van der Waals surface area (Å²) in [7, 11) is 0. The lowest BCUT2D eigenvalue weighted by Gasteiger charge is -2.15. The molecule has 0 amide bonds. The summed E-state index contributed by atoms with van der Waals surface area (Å²) in [5.41, 5.74) is 1.25. The van der Waals surface area contributed by atoms with E-state index in [1.807, 2.05) is 13.0 Å². The highest BCUT2D eigenvalue weighted by Gasteiger charge is 2.10. The molecule has 0 aliphatic carbocycles. The molecule has 3 aromatic rings. The Morgan fingerprint density at radius 3 is 2.68 bits per heavy atom. The van der Waals surface area contributed by atoms with Crippen molar-refractivity contribution in [3.63, 3.8) is 0 Å². The number of nitrogens with zero attached hydrogens (tertiary/aromatic N) is 2. The van der Waals surface area contributed by atoms with Crippen LogP contribution in [0.1, 0.15) is 24.4 Å². The van der Waals surface area contributed by atoms with E-state index in [-0.39, 0.29) is 6.04 Å². The smallest absolute Gasteiger partial charge is 0.138 e. The van der Waals surface area contributed by atoms with Gasteiger partial charge in [-0.3, -0.25) is 0 Å². The third kappa shape index (κ3) is 2.44. The van der Waals surface area contributed by atoms with Gasteiger partial charge in [-0.2, -0.15) is 0 Å². The minimum Gasteiger partial charge on any atom is -0.363 e. The van der Waals surface area contributed by atoms with E-state index in [0.717, 1.165) is 21.9 Å². The number of benzene rings is 1. The van der Waals surface area contributed by atoms with Crippen LogP contribution in [0.2, 0.25) is 0 Å². The van der Waals surface area contributed by atoms with Crippen molar-refractivity contribution in [2.45, 2.75) is 19.9 Å². The van der Waals surface area contributed by atoms with Crippen LogP contribution >= 0.6 is 11.3 Å². The molecule has 1 atom stereocenters. The fourth-order valence-corrected chi connectivity index (χ4v) is 2.91. The zero-order chi connectivity index (χ0) is 13.2. The van der Waals surface area contributed by atoms with Crippen molar-refractivity contribution in [1.82, 2.24) is 9.97 Å². The summed E-state index contributed by atoms with van der Waals surface area (Å²) >= 11 is 1.65. The number of fused-ring (bicyclic) bond motifs is 1. The van der Waals surface area contributed by atoms with E-state index in [9.17, 15) is 0 Å². The van der Waals surface area contributed by atoms with Crippen LogP contribution in [-0.4, -0.2) is 9.97 Å². The molecule has 0 saturated carbocycles. The minimum absolute atomic E-state index is 0.221. The Morgan fingerprint density at radius 2 is 1.89 bits per heavy atom. The van der Waals surface area contributed by atoms with Gasteiger partial charge in [0.25, 0.3) is 0 Å². The van der Waals surface area contributed by atoms with Gasteiger partial charge in [-0.1, -0.05) is 30.3 Å². The Balaban J connectivity index is 1.95. The number of hydrogen-bond acceptors (Lipinski definition) is 4. The van der Waals surface area contributed by atoms with Gasteiger partial charge in [0.2, 0.25) is 0 Å². The Morgan fingerprint density at radius 1 is 1.11 bits per heavy atom. The molecule has 0 bridgehead atoms. The van der Waals surface area contributed by atoms with Crippen molar-refractivity contribution in [2.75, 3.05) is 5.32 Å². The monoisotopic (exact) mass is 269 g/mol. The second-order valence-corrected chi connectivity index (χ2v) is 5.43. The maximum Gasteiger partial charge on any atom is 0.138 e. The third-order valence-electron chi connectivity index (χ3n) is 3.09. The van der Waals surface area contributed by atoms with E-state index < -0.39 is 0 Å². The molecule has 3 rings (SSSR count). The lowest BCUT2D eigenvalue weighted by atomic mass is 10.1. The zero-order valence-electron chi connectivity index (χ0n) is 10.9. The fourth-order valence-electron chi connectivity index (χ4n) is 2.10. The van der Waals surface area contributed by atoms with Crippen molar-refractivity contribution < 1.29 is 0 Å². The van der Waals surface area contributed by atoms with E-state index in [0.29, 0.717) is 0 Å². The van der Waals surface area contributed by atoms with Crippen molar-refractivity contribution in [1.29, 1.82) is 0 Å². The van der Waals surface area contributed by atoms with Crippen molar-refractivity contribution in [3.05, 3.63) is 53.2 Å². The number of rotatable bonds is 3. The summed E-state index contributed by atoms with van der Waals surface area (Å²) in [5, 5.41) is 6.63. The van der Waals surface area contributed by atoms with Crippen LogP contribution in [0.15, 0.2) is 41.8 Å². The number of aromatic nitrogens is 2. The number of aryl methyl sites for hydroxylation is 1. The molecule has 0 aliphatic rings. The van der Waals surface area contributed by atoms with Crippen molar-refractivity contribution in [3.8, 4) is 0 Å². The van der Waals surface area contributed by atoms with Gasteiger partial charge in [-0.05, 0) is 30.9 Å². The molecule has 0 fully saturated rings. The molecule has 1 aromatic carbocycles. The molecule has 0 aliphatic heterocycles. The van der Waals surface area contributed by atoms with Gasteiger partial charge in [0.15, 0.2) is 0 Å². The molecule has 1 N–H and O–H groups in total. The first-order valence-corrected chi connectivity index (χ1v) is 7.15. The highest BCUT2D eigenvalue weighted by molar-refractivity contribution is 7.16. The maximum atomic E-state index is 4.52. The second-order valence-electron chi connectivity index (χ2n) is 4.54. The SMILES string of the molecule is Cc1nc(NC(C)c2ccccc2)c2ccsc2n1. The van der Waals surface area contributed by atoms with Gasteiger partial charge in [0.1, 0.15) is 16.5 Å². The normalized spacial score (nSPS) is 12.5. The summed E-state index contributed by atoms with van der Waals surface area (Å²) in [6.07, 6.45) is 0. The second kappa shape index (κ2) is 4.97. The molecule has 2 heterocycles. The molecule has 0 saturated heterocycles. The van der Waals surface area contributed by atoms with Crippen LogP contribution in [0.5, 0.6) is 0 Å². The van der Waals surface area contributed by atoms with Gasteiger partial charge >= 0.3 is 0 Å². The Kier molecular flexibility index (Phi) is 3.17. The van der Waals surface area contributed by atoms with Crippen LogP contribution in [0.25, 0.3) is 10.2 Å². The van der Waals surface area contributed by atoms with E-state index in [1.54, 1.807) is 11.3 Å². The summed E-state index contributed by atoms with van der Waals surface area (Å²) in [6, 6.07) is 12.7. The largest absolute Gasteiger partial charge is 0.363 e. The Bertz CT molecular complexity index is 691. The molecular weight excluding hydrogens is 254 g/mol. The van der Waals surface area contributed by atoms with Crippen LogP contribution in [-0.2, 0) is 0 Å². The number of thiophene rings is 1. The van der Waals surface area contributed by atoms with Crippen LogP contribution in [0.4, 0.5) is 5.82 Å². The summed E-state index contributed by atoms with van der Waals surface area (Å²) in [6.45, 7) is 4.07. The lowest BCUT2D eigenvalue weighted by Crippen LogP contribution is -2.08. The zero-order valence-corrected chi connectivity index (χ0v) is 11.7. The topological polar surface area (TPSA) is 37.8 Å². The van der Waals surface area contributed by atoms with E-state index in [2.05, 4.69) is 57.9 Å². The number of hydrogen-bond donors (Lipinski definition) is 1. The first kappa shape index (κ1) is 12.1. The van der Waals surface area contributed by atoms with E-state index in [4.69, 9.17) is 0 Å². The molecule has 96 valence electrons. The van der Waals surface area contributed by atoms with Crippen LogP contribution in [0, 0.1) is 6.92 Å². The van der Waals surface area contributed by atoms with Gasteiger partial charge in [0.05, 0.1) is 5.39 Å². The summed E-state index contributed by atoms with van der Waals surface area (Å²) < 4.78 is 0. The standard InChI is InChI=1S/C15H15N3S/c1-10(12-6-4-3-5-7-12)16-14-13-8-9-19-15(13)18-11(2)17-14/h3-10H,1-2H3,(H,16,17,18). The Hall–Kier alpha value is -1.94. The highest BCUT2D eigenvalue weighted by atomic mass is 32.1. The highest BCUT2D eigenvalue weighted by Crippen LogP contribution is 2.27. The lowest BCUT2D eigenvalue weighted by molar-refractivity contribution is 0.872. The molecule has 1 unspecified atom stereocenters.